The Balaban J connectivity index is 1.84. The fraction of sp³-hybridized carbons (Fsp3) is 0.294. The van der Waals surface area contributed by atoms with Gasteiger partial charge in [-0.25, -0.2) is 8.42 Å². The first kappa shape index (κ1) is 17.8. The Morgan fingerprint density at radius 3 is 2.54 bits per heavy atom. The van der Waals surface area contributed by atoms with Crippen molar-refractivity contribution in [2.45, 2.75) is 24.7 Å². The number of hydrogen-bond acceptors (Lipinski definition) is 3. The first-order valence-electron chi connectivity index (χ1n) is 7.56. The predicted octanol–water partition coefficient (Wildman–Crippen LogP) is 4.84. The van der Waals surface area contributed by atoms with Gasteiger partial charge in [-0.3, -0.25) is 4.72 Å². The first-order chi connectivity index (χ1) is 11.3. The second kappa shape index (κ2) is 7.09. The van der Waals surface area contributed by atoms with Crippen LogP contribution in [0, 0.1) is 16.4 Å². The Morgan fingerprint density at radius 1 is 1.25 bits per heavy atom. The monoisotopic (exact) mass is 477 g/mol. The average molecular weight is 478 g/mol. The van der Waals surface area contributed by atoms with Crippen LogP contribution in [0.4, 0.5) is 5.69 Å². The van der Waals surface area contributed by atoms with Gasteiger partial charge in [0.1, 0.15) is 5.75 Å². The van der Waals surface area contributed by atoms with Gasteiger partial charge in [-0.2, -0.15) is 0 Å². The number of halogens is 2. The number of aryl methyl sites for hydroxylation is 1. The van der Waals surface area contributed by atoms with Gasteiger partial charge in [0.15, 0.2) is 0 Å². The van der Waals surface area contributed by atoms with E-state index in [-0.39, 0.29) is 4.90 Å². The zero-order valence-corrected chi connectivity index (χ0v) is 16.8. The molecular weight excluding hydrogens is 461 g/mol. The third-order valence-electron chi connectivity index (χ3n) is 3.77. The molecule has 24 heavy (non-hydrogen) atoms. The van der Waals surface area contributed by atoms with Crippen LogP contribution in [-0.4, -0.2) is 15.0 Å². The Bertz CT molecular complexity index is 849. The maximum absolute atomic E-state index is 12.5. The van der Waals surface area contributed by atoms with E-state index >= 15 is 0 Å². The molecule has 1 fully saturated rings. The van der Waals surface area contributed by atoms with Gasteiger partial charge in [-0.1, -0.05) is 29.3 Å². The van der Waals surface area contributed by atoms with Gasteiger partial charge in [-0.15, -0.1) is 0 Å². The summed E-state index contributed by atoms with van der Waals surface area (Å²) in [6.45, 7) is 2.53. The second-order valence-electron chi connectivity index (χ2n) is 5.94. The van der Waals surface area contributed by atoms with Crippen molar-refractivity contribution < 1.29 is 13.2 Å². The standard InChI is InChI=1S/C17H17ClINO3S/c1-11-2-6-13(7-3-11)24(21,22)20-16-9-17(14(18)8-15(16)19)23-10-12-4-5-12/h2-3,6-9,12,20H,4-5,10H2,1H3. The van der Waals surface area contributed by atoms with Crippen molar-refractivity contribution in [3.05, 3.63) is 50.6 Å². The maximum Gasteiger partial charge on any atom is 0.261 e. The summed E-state index contributed by atoms with van der Waals surface area (Å²) in [5.41, 5.74) is 1.47. The number of nitrogens with one attached hydrogen (secondary N) is 1. The van der Waals surface area contributed by atoms with Crippen molar-refractivity contribution in [1.29, 1.82) is 0 Å². The van der Waals surface area contributed by atoms with E-state index in [1.807, 2.05) is 6.92 Å². The van der Waals surface area contributed by atoms with E-state index in [4.69, 9.17) is 16.3 Å². The molecule has 2 aromatic rings. The summed E-state index contributed by atoms with van der Waals surface area (Å²) in [5.74, 6) is 1.10. The average Bonchev–Trinajstić information content (AvgIpc) is 3.33. The van der Waals surface area contributed by atoms with Crippen LogP contribution in [0.3, 0.4) is 0 Å². The SMILES string of the molecule is Cc1ccc(S(=O)(=O)Nc2cc(OCC3CC3)c(Cl)cc2I)cc1. The van der Waals surface area contributed by atoms with Crippen molar-refractivity contribution in [3.63, 3.8) is 0 Å². The van der Waals surface area contributed by atoms with E-state index in [9.17, 15) is 8.42 Å². The molecule has 0 spiro atoms. The van der Waals surface area contributed by atoms with Crippen LogP contribution in [0.25, 0.3) is 0 Å². The van der Waals surface area contributed by atoms with E-state index in [1.165, 1.54) is 12.8 Å². The molecule has 1 saturated carbocycles. The summed E-state index contributed by atoms with van der Waals surface area (Å²) < 4.78 is 34.2. The summed E-state index contributed by atoms with van der Waals surface area (Å²) in [7, 11) is -3.65. The Morgan fingerprint density at radius 2 is 1.92 bits per heavy atom. The maximum atomic E-state index is 12.5. The van der Waals surface area contributed by atoms with E-state index in [2.05, 4.69) is 27.3 Å². The number of sulfonamides is 1. The number of rotatable bonds is 6. The van der Waals surface area contributed by atoms with Gasteiger partial charge in [0.25, 0.3) is 10.0 Å². The molecule has 0 atom stereocenters. The molecule has 0 saturated heterocycles. The highest BCUT2D eigenvalue weighted by molar-refractivity contribution is 14.1. The lowest BCUT2D eigenvalue weighted by Gasteiger charge is -2.14. The van der Waals surface area contributed by atoms with E-state index in [1.54, 1.807) is 36.4 Å². The smallest absolute Gasteiger partial charge is 0.261 e. The van der Waals surface area contributed by atoms with Crippen LogP contribution in [0.5, 0.6) is 5.75 Å². The Hall–Kier alpha value is -0.990. The van der Waals surface area contributed by atoms with Gasteiger partial charge in [0.2, 0.25) is 0 Å². The second-order valence-corrected chi connectivity index (χ2v) is 9.19. The molecule has 4 nitrogen and oxygen atoms in total. The molecule has 2 aromatic carbocycles. The Labute approximate surface area is 160 Å². The molecule has 1 aliphatic carbocycles. The van der Waals surface area contributed by atoms with Crippen molar-refractivity contribution >= 4 is 49.9 Å². The molecule has 0 heterocycles. The zero-order chi connectivity index (χ0) is 17.3. The third-order valence-corrected chi connectivity index (χ3v) is 6.34. The van der Waals surface area contributed by atoms with Crippen molar-refractivity contribution in [1.82, 2.24) is 0 Å². The van der Waals surface area contributed by atoms with Gasteiger partial charge in [-0.05, 0) is 66.5 Å². The number of anilines is 1. The molecule has 0 amide bonds. The number of benzene rings is 2. The molecule has 0 bridgehead atoms. The molecule has 7 heteroatoms. The van der Waals surface area contributed by atoms with E-state index in [0.717, 1.165) is 5.56 Å². The Kier molecular flexibility index (Phi) is 5.27. The molecule has 1 aliphatic rings. The normalized spacial score (nSPS) is 14.5. The van der Waals surface area contributed by atoms with Crippen molar-refractivity contribution in [2.24, 2.45) is 5.92 Å². The molecule has 0 radical (unpaired) electrons. The van der Waals surface area contributed by atoms with Crippen LogP contribution in [0.15, 0.2) is 41.3 Å². The molecule has 3 rings (SSSR count). The lowest BCUT2D eigenvalue weighted by Crippen LogP contribution is -2.14. The molecule has 0 aromatic heterocycles. The summed E-state index contributed by atoms with van der Waals surface area (Å²) >= 11 is 8.26. The molecule has 0 aliphatic heterocycles. The van der Waals surface area contributed by atoms with Crippen LogP contribution in [0.1, 0.15) is 18.4 Å². The van der Waals surface area contributed by atoms with E-state index in [0.29, 0.717) is 32.6 Å². The zero-order valence-electron chi connectivity index (χ0n) is 13.1. The molecule has 128 valence electrons. The third kappa shape index (κ3) is 4.34. The van der Waals surface area contributed by atoms with Crippen molar-refractivity contribution in [2.75, 3.05) is 11.3 Å². The van der Waals surface area contributed by atoms with Crippen LogP contribution in [-0.2, 0) is 10.0 Å². The van der Waals surface area contributed by atoms with Gasteiger partial charge < -0.3 is 4.74 Å². The molecule has 0 unspecified atom stereocenters. The minimum Gasteiger partial charge on any atom is -0.492 e. The highest BCUT2D eigenvalue weighted by Crippen LogP contribution is 2.35. The predicted molar refractivity (Wildman–Crippen MR) is 104 cm³/mol. The summed E-state index contributed by atoms with van der Waals surface area (Å²) in [5, 5.41) is 0.485. The number of ether oxygens (including phenoxy) is 1. The van der Waals surface area contributed by atoms with Crippen LogP contribution >= 0.6 is 34.2 Å². The summed E-state index contributed by atoms with van der Waals surface area (Å²) in [4.78, 5) is 0.222. The summed E-state index contributed by atoms with van der Waals surface area (Å²) in [6, 6.07) is 10.1. The van der Waals surface area contributed by atoms with Crippen LogP contribution < -0.4 is 9.46 Å². The van der Waals surface area contributed by atoms with Crippen molar-refractivity contribution in [3.8, 4) is 5.75 Å². The minimum atomic E-state index is -3.65. The first-order valence-corrected chi connectivity index (χ1v) is 10.5. The molecule has 1 N–H and O–H groups in total. The van der Waals surface area contributed by atoms with E-state index < -0.39 is 10.0 Å². The summed E-state index contributed by atoms with van der Waals surface area (Å²) in [6.07, 6.45) is 2.35. The fourth-order valence-electron chi connectivity index (χ4n) is 2.13. The highest BCUT2D eigenvalue weighted by Gasteiger charge is 2.23. The minimum absolute atomic E-state index is 0.222. The number of hydrogen-bond donors (Lipinski definition) is 1. The highest BCUT2D eigenvalue weighted by atomic mass is 127. The van der Waals surface area contributed by atoms with Crippen LogP contribution in [0.2, 0.25) is 5.02 Å². The molecular formula is C17H17ClINO3S. The van der Waals surface area contributed by atoms with Gasteiger partial charge >= 0.3 is 0 Å². The van der Waals surface area contributed by atoms with Gasteiger partial charge in [0.05, 0.1) is 22.2 Å². The quantitative estimate of drug-likeness (QED) is 0.606. The lowest BCUT2D eigenvalue weighted by atomic mass is 10.2. The fourth-order valence-corrected chi connectivity index (χ4v) is 4.39. The lowest BCUT2D eigenvalue weighted by molar-refractivity contribution is 0.300. The topological polar surface area (TPSA) is 55.4 Å². The van der Waals surface area contributed by atoms with Gasteiger partial charge in [0, 0.05) is 9.64 Å². The largest absolute Gasteiger partial charge is 0.492 e.